The molecule has 1 heterocycles. The number of nitrogens with zero attached hydrogens (tertiary/aromatic N) is 2. The summed E-state index contributed by atoms with van der Waals surface area (Å²) in [5.74, 6) is 1.55. The third-order valence-corrected chi connectivity index (χ3v) is 3.72. The maximum absolute atomic E-state index is 6.08. The molecule has 4 nitrogen and oxygen atoms in total. The van der Waals surface area contributed by atoms with Crippen molar-refractivity contribution < 1.29 is 4.74 Å². The molecule has 0 aromatic heterocycles. The predicted octanol–water partition coefficient (Wildman–Crippen LogP) is 1.92. The molecule has 2 N–H and O–H groups in total. The maximum Gasteiger partial charge on any atom is 0.191 e. The molecule has 1 aromatic carbocycles. The van der Waals surface area contributed by atoms with Crippen LogP contribution in [0.4, 0.5) is 0 Å². The maximum atomic E-state index is 6.08. The van der Waals surface area contributed by atoms with Crippen LogP contribution >= 0.6 is 0 Å². The lowest BCUT2D eigenvalue weighted by molar-refractivity contribution is 0.228. The number of para-hydroxylation sites is 1. The Bertz CT molecular complexity index is 482. The van der Waals surface area contributed by atoms with Gasteiger partial charge in [0.25, 0.3) is 0 Å². The second kappa shape index (κ2) is 4.19. The van der Waals surface area contributed by atoms with Crippen molar-refractivity contribution in [3.63, 3.8) is 0 Å². The fourth-order valence-corrected chi connectivity index (χ4v) is 2.41. The molecule has 2 unspecified atom stereocenters. The second-order valence-electron chi connectivity index (χ2n) is 5.14. The Hall–Kier alpha value is -1.71. The van der Waals surface area contributed by atoms with Crippen LogP contribution < -0.4 is 10.5 Å². The van der Waals surface area contributed by atoms with Crippen molar-refractivity contribution in [1.82, 2.24) is 4.90 Å². The summed E-state index contributed by atoms with van der Waals surface area (Å²) in [5.41, 5.74) is 7.21. The Labute approximate surface area is 107 Å². The molecule has 1 aromatic rings. The zero-order valence-corrected chi connectivity index (χ0v) is 10.8. The molecule has 3 rings (SSSR count). The van der Waals surface area contributed by atoms with E-state index in [2.05, 4.69) is 16.0 Å². The number of rotatable bonds is 2. The second-order valence-corrected chi connectivity index (χ2v) is 5.14. The smallest absolute Gasteiger partial charge is 0.191 e. The van der Waals surface area contributed by atoms with E-state index >= 15 is 0 Å². The number of hydrogen-bond acceptors (Lipinski definition) is 2. The minimum absolute atomic E-state index is 0.0161. The first-order valence-electron chi connectivity index (χ1n) is 6.48. The third kappa shape index (κ3) is 1.92. The number of aliphatic imine (C=N–C) groups is 1. The van der Waals surface area contributed by atoms with Crippen molar-refractivity contribution in [2.24, 2.45) is 10.7 Å². The minimum atomic E-state index is 0.0161. The summed E-state index contributed by atoms with van der Waals surface area (Å²) >= 11 is 0. The summed E-state index contributed by atoms with van der Waals surface area (Å²) in [6.45, 7) is 2.04. The minimum Gasteiger partial charge on any atom is -0.488 e. The highest BCUT2D eigenvalue weighted by molar-refractivity contribution is 5.79. The van der Waals surface area contributed by atoms with Crippen LogP contribution in [0.5, 0.6) is 5.75 Å². The van der Waals surface area contributed by atoms with Gasteiger partial charge in [-0.3, -0.25) is 0 Å². The fraction of sp³-hybridized carbons (Fsp3) is 0.500. The van der Waals surface area contributed by atoms with Crippen LogP contribution in [0.1, 0.15) is 31.4 Å². The molecule has 0 bridgehead atoms. The summed E-state index contributed by atoms with van der Waals surface area (Å²) in [5, 5.41) is 0. The van der Waals surface area contributed by atoms with Gasteiger partial charge in [-0.05, 0) is 25.8 Å². The van der Waals surface area contributed by atoms with Gasteiger partial charge >= 0.3 is 0 Å². The Balaban J connectivity index is 1.85. The molecule has 0 amide bonds. The van der Waals surface area contributed by atoms with Gasteiger partial charge in [-0.1, -0.05) is 18.2 Å². The number of hydrogen-bond donors (Lipinski definition) is 1. The van der Waals surface area contributed by atoms with Gasteiger partial charge in [0.2, 0.25) is 0 Å². The van der Waals surface area contributed by atoms with Crippen LogP contribution in [-0.2, 0) is 0 Å². The number of ether oxygens (including phenoxy) is 1. The molecule has 1 aliphatic heterocycles. The summed E-state index contributed by atoms with van der Waals surface area (Å²) in [7, 11) is 2.02. The van der Waals surface area contributed by atoms with Gasteiger partial charge in [-0.15, -0.1) is 0 Å². The van der Waals surface area contributed by atoms with E-state index in [0.717, 1.165) is 11.3 Å². The van der Waals surface area contributed by atoms with E-state index in [1.54, 1.807) is 0 Å². The lowest BCUT2D eigenvalue weighted by Gasteiger charge is -2.19. The quantitative estimate of drug-likeness (QED) is 0.639. The zero-order chi connectivity index (χ0) is 12.7. The number of nitrogens with two attached hydrogens (primary N) is 1. The lowest BCUT2D eigenvalue weighted by atomic mass is 10.1. The first-order chi connectivity index (χ1) is 8.66. The highest BCUT2D eigenvalue weighted by Crippen LogP contribution is 2.38. The van der Waals surface area contributed by atoms with E-state index in [0.29, 0.717) is 12.0 Å². The van der Waals surface area contributed by atoms with E-state index in [1.807, 2.05) is 32.2 Å². The normalized spacial score (nSPS) is 26.7. The molecule has 2 atom stereocenters. The van der Waals surface area contributed by atoms with Crippen LogP contribution in [0.3, 0.4) is 0 Å². The van der Waals surface area contributed by atoms with E-state index in [1.165, 1.54) is 12.8 Å². The highest BCUT2D eigenvalue weighted by atomic mass is 16.5. The molecule has 96 valence electrons. The average molecular weight is 245 g/mol. The van der Waals surface area contributed by atoms with Gasteiger partial charge in [-0.2, -0.15) is 0 Å². The zero-order valence-electron chi connectivity index (χ0n) is 10.8. The largest absolute Gasteiger partial charge is 0.488 e. The molecular formula is C14H19N3O. The monoisotopic (exact) mass is 245 g/mol. The van der Waals surface area contributed by atoms with Crippen LogP contribution in [0.25, 0.3) is 0 Å². The predicted molar refractivity (Wildman–Crippen MR) is 71.7 cm³/mol. The van der Waals surface area contributed by atoms with Gasteiger partial charge in [0, 0.05) is 18.7 Å². The molecule has 18 heavy (non-hydrogen) atoms. The van der Waals surface area contributed by atoms with E-state index in [4.69, 9.17) is 10.5 Å². The standard InChI is InChI=1S/C14H19N3O/c1-9-13(11-5-3-4-6-12(11)18-9)16-14(15)17(2)10-7-8-10/h3-6,9-10,13H,7-8H2,1-2H3,(H2,15,16). The molecule has 1 fully saturated rings. The van der Waals surface area contributed by atoms with Crippen LogP contribution in [0.15, 0.2) is 29.3 Å². The average Bonchev–Trinajstić information content (AvgIpc) is 3.15. The van der Waals surface area contributed by atoms with E-state index < -0.39 is 0 Å². The van der Waals surface area contributed by atoms with Crippen molar-refractivity contribution in [3.05, 3.63) is 29.8 Å². The van der Waals surface area contributed by atoms with Crippen LogP contribution in [0, 0.1) is 0 Å². The third-order valence-electron chi connectivity index (χ3n) is 3.72. The van der Waals surface area contributed by atoms with Crippen molar-refractivity contribution in [2.45, 2.75) is 38.0 Å². The van der Waals surface area contributed by atoms with Crippen molar-refractivity contribution in [3.8, 4) is 5.75 Å². The highest BCUT2D eigenvalue weighted by Gasteiger charge is 2.33. The SMILES string of the molecule is CC1Oc2ccccc2C1N=C(N)N(C)C1CC1. The number of guanidine groups is 1. The van der Waals surface area contributed by atoms with Gasteiger partial charge in [0.05, 0.1) is 0 Å². The molecular weight excluding hydrogens is 226 g/mol. The summed E-state index contributed by atoms with van der Waals surface area (Å²) in [6, 6.07) is 8.66. The first kappa shape index (κ1) is 11.4. The molecule has 0 radical (unpaired) electrons. The Morgan fingerprint density at radius 2 is 2.11 bits per heavy atom. The molecule has 4 heteroatoms. The summed E-state index contributed by atoms with van der Waals surface area (Å²) < 4.78 is 5.79. The molecule has 1 saturated carbocycles. The van der Waals surface area contributed by atoms with Crippen LogP contribution in [0.2, 0.25) is 0 Å². The Morgan fingerprint density at radius 3 is 2.83 bits per heavy atom. The molecule has 0 saturated heterocycles. The van der Waals surface area contributed by atoms with Crippen LogP contribution in [-0.4, -0.2) is 30.1 Å². The van der Waals surface area contributed by atoms with E-state index in [-0.39, 0.29) is 12.1 Å². The fourth-order valence-electron chi connectivity index (χ4n) is 2.41. The summed E-state index contributed by atoms with van der Waals surface area (Å²) in [4.78, 5) is 6.73. The van der Waals surface area contributed by atoms with Crippen molar-refractivity contribution >= 4 is 5.96 Å². The van der Waals surface area contributed by atoms with Gasteiger partial charge < -0.3 is 15.4 Å². The Kier molecular flexibility index (Phi) is 2.65. The Morgan fingerprint density at radius 1 is 1.39 bits per heavy atom. The molecule has 1 aliphatic carbocycles. The van der Waals surface area contributed by atoms with E-state index in [9.17, 15) is 0 Å². The first-order valence-corrected chi connectivity index (χ1v) is 6.48. The topological polar surface area (TPSA) is 50.9 Å². The number of fused-ring (bicyclic) bond motifs is 1. The number of benzene rings is 1. The lowest BCUT2D eigenvalue weighted by Crippen LogP contribution is -2.36. The summed E-state index contributed by atoms with van der Waals surface area (Å²) in [6.07, 6.45) is 2.49. The molecule has 2 aliphatic rings. The molecule has 0 spiro atoms. The van der Waals surface area contributed by atoms with Gasteiger partial charge in [0.15, 0.2) is 5.96 Å². The van der Waals surface area contributed by atoms with Crippen molar-refractivity contribution in [2.75, 3.05) is 7.05 Å². The van der Waals surface area contributed by atoms with Gasteiger partial charge in [-0.25, -0.2) is 4.99 Å². The van der Waals surface area contributed by atoms with Crippen molar-refractivity contribution in [1.29, 1.82) is 0 Å². The van der Waals surface area contributed by atoms with Gasteiger partial charge in [0.1, 0.15) is 17.9 Å².